The molecule has 0 aromatic carbocycles. The third kappa shape index (κ3) is 3.33. The Hall–Kier alpha value is -0.840. The monoisotopic (exact) mass is 225 g/mol. The van der Waals surface area contributed by atoms with Crippen LogP contribution in [-0.4, -0.2) is 31.4 Å². The number of ether oxygens (including phenoxy) is 1. The molecule has 1 fully saturated rings. The zero-order valence-corrected chi connectivity index (χ0v) is 9.39. The van der Waals surface area contributed by atoms with Crippen LogP contribution in [0, 0.1) is 5.92 Å². The van der Waals surface area contributed by atoms with Crippen molar-refractivity contribution in [2.75, 3.05) is 26.3 Å². The van der Waals surface area contributed by atoms with E-state index in [4.69, 9.17) is 9.15 Å². The van der Waals surface area contributed by atoms with E-state index in [1.807, 2.05) is 0 Å². The minimum Gasteiger partial charge on any atom is -0.467 e. The standard InChI is InChI=1S/C12H19NO3/c14-11(12-2-1-6-16-12)8-13-5-3-10-4-7-15-9-10/h1-2,6,10-11,13-14H,3-5,7-9H2. The molecule has 90 valence electrons. The summed E-state index contributed by atoms with van der Waals surface area (Å²) in [5.74, 6) is 1.31. The summed E-state index contributed by atoms with van der Waals surface area (Å²) in [5.41, 5.74) is 0. The van der Waals surface area contributed by atoms with Gasteiger partial charge in [-0.2, -0.15) is 0 Å². The third-order valence-electron chi connectivity index (χ3n) is 2.96. The second-order valence-corrected chi connectivity index (χ2v) is 4.25. The van der Waals surface area contributed by atoms with Gasteiger partial charge in [0.05, 0.1) is 6.26 Å². The first-order valence-corrected chi connectivity index (χ1v) is 5.86. The van der Waals surface area contributed by atoms with E-state index in [-0.39, 0.29) is 0 Å². The fraction of sp³-hybridized carbons (Fsp3) is 0.667. The second kappa shape index (κ2) is 6.03. The summed E-state index contributed by atoms with van der Waals surface area (Å²) in [6.07, 6.45) is 3.32. The van der Waals surface area contributed by atoms with Crippen LogP contribution in [0.1, 0.15) is 24.7 Å². The highest BCUT2D eigenvalue weighted by Crippen LogP contribution is 2.15. The highest BCUT2D eigenvalue weighted by atomic mass is 16.5. The Bertz CT molecular complexity index is 280. The van der Waals surface area contributed by atoms with Crippen molar-refractivity contribution in [3.8, 4) is 0 Å². The van der Waals surface area contributed by atoms with Gasteiger partial charge in [0.25, 0.3) is 0 Å². The number of aliphatic hydroxyl groups is 1. The van der Waals surface area contributed by atoms with Crippen LogP contribution in [0.5, 0.6) is 0 Å². The molecule has 1 saturated heterocycles. The van der Waals surface area contributed by atoms with E-state index in [9.17, 15) is 5.11 Å². The highest BCUT2D eigenvalue weighted by molar-refractivity contribution is 5.02. The molecule has 1 aromatic rings. The predicted octanol–water partition coefficient (Wildman–Crippen LogP) is 1.33. The SMILES string of the molecule is OC(CNCCC1CCOC1)c1ccco1. The maximum absolute atomic E-state index is 9.72. The number of hydrogen-bond donors (Lipinski definition) is 2. The lowest BCUT2D eigenvalue weighted by Crippen LogP contribution is -2.24. The summed E-state index contributed by atoms with van der Waals surface area (Å²) < 4.78 is 10.4. The fourth-order valence-electron chi connectivity index (χ4n) is 1.94. The van der Waals surface area contributed by atoms with Crippen LogP contribution in [0.15, 0.2) is 22.8 Å². The molecule has 0 aliphatic carbocycles. The molecule has 2 heterocycles. The van der Waals surface area contributed by atoms with Gasteiger partial charge in [0.2, 0.25) is 0 Å². The van der Waals surface area contributed by atoms with Crippen molar-refractivity contribution < 1.29 is 14.3 Å². The van der Waals surface area contributed by atoms with Crippen molar-refractivity contribution in [1.82, 2.24) is 5.32 Å². The molecule has 2 N–H and O–H groups in total. The summed E-state index contributed by atoms with van der Waals surface area (Å²) in [5, 5.41) is 13.0. The van der Waals surface area contributed by atoms with Crippen molar-refractivity contribution in [1.29, 1.82) is 0 Å². The number of hydrogen-bond acceptors (Lipinski definition) is 4. The number of nitrogens with one attached hydrogen (secondary N) is 1. The van der Waals surface area contributed by atoms with Gasteiger partial charge in [-0.1, -0.05) is 0 Å². The Labute approximate surface area is 95.6 Å². The first-order valence-electron chi connectivity index (χ1n) is 5.86. The summed E-state index contributed by atoms with van der Waals surface area (Å²) in [4.78, 5) is 0. The van der Waals surface area contributed by atoms with Gasteiger partial charge in [0, 0.05) is 19.8 Å². The Morgan fingerprint density at radius 3 is 3.19 bits per heavy atom. The molecule has 1 aliphatic heterocycles. The average Bonchev–Trinajstić information content (AvgIpc) is 2.96. The molecule has 2 rings (SSSR count). The molecule has 2 atom stereocenters. The first kappa shape index (κ1) is 11.6. The van der Waals surface area contributed by atoms with E-state index in [0.717, 1.165) is 26.2 Å². The van der Waals surface area contributed by atoms with Crippen LogP contribution in [0.3, 0.4) is 0 Å². The molecule has 1 aliphatic rings. The molecule has 0 radical (unpaired) electrons. The van der Waals surface area contributed by atoms with Crippen LogP contribution >= 0.6 is 0 Å². The average molecular weight is 225 g/mol. The number of aliphatic hydroxyl groups excluding tert-OH is 1. The Balaban J connectivity index is 1.57. The lowest BCUT2D eigenvalue weighted by molar-refractivity contribution is 0.146. The zero-order chi connectivity index (χ0) is 11.2. The van der Waals surface area contributed by atoms with Crippen molar-refractivity contribution in [2.45, 2.75) is 18.9 Å². The zero-order valence-electron chi connectivity index (χ0n) is 9.39. The quantitative estimate of drug-likeness (QED) is 0.717. The Morgan fingerprint density at radius 2 is 2.50 bits per heavy atom. The largest absolute Gasteiger partial charge is 0.467 e. The third-order valence-corrected chi connectivity index (χ3v) is 2.96. The van der Waals surface area contributed by atoms with Gasteiger partial charge in [-0.15, -0.1) is 0 Å². The predicted molar refractivity (Wildman–Crippen MR) is 60.1 cm³/mol. The van der Waals surface area contributed by atoms with Crippen molar-refractivity contribution in [2.24, 2.45) is 5.92 Å². The lowest BCUT2D eigenvalue weighted by atomic mass is 10.1. The number of rotatable bonds is 6. The van der Waals surface area contributed by atoms with E-state index in [2.05, 4.69) is 5.32 Å². The smallest absolute Gasteiger partial charge is 0.133 e. The molecule has 1 aromatic heterocycles. The summed E-state index contributed by atoms with van der Waals surface area (Å²) in [7, 11) is 0. The minimum atomic E-state index is -0.546. The molecular weight excluding hydrogens is 206 g/mol. The summed E-state index contributed by atoms with van der Waals surface area (Å²) >= 11 is 0. The maximum atomic E-state index is 9.72. The molecule has 2 unspecified atom stereocenters. The van der Waals surface area contributed by atoms with Crippen molar-refractivity contribution in [3.05, 3.63) is 24.2 Å². The Kier molecular flexibility index (Phi) is 4.39. The van der Waals surface area contributed by atoms with E-state index in [1.165, 1.54) is 6.42 Å². The molecular formula is C12H19NO3. The minimum absolute atomic E-state index is 0.543. The first-order chi connectivity index (χ1) is 7.86. The molecule has 0 bridgehead atoms. The van der Waals surface area contributed by atoms with Gasteiger partial charge >= 0.3 is 0 Å². The van der Waals surface area contributed by atoms with Gasteiger partial charge in [0.15, 0.2) is 0 Å². The van der Waals surface area contributed by atoms with E-state index in [0.29, 0.717) is 18.2 Å². The van der Waals surface area contributed by atoms with E-state index < -0.39 is 6.10 Å². The van der Waals surface area contributed by atoms with Gasteiger partial charge in [-0.3, -0.25) is 0 Å². The van der Waals surface area contributed by atoms with Gasteiger partial charge < -0.3 is 19.6 Å². The van der Waals surface area contributed by atoms with Crippen LogP contribution in [0.4, 0.5) is 0 Å². The van der Waals surface area contributed by atoms with Gasteiger partial charge in [0.1, 0.15) is 11.9 Å². The topological polar surface area (TPSA) is 54.6 Å². The van der Waals surface area contributed by atoms with Crippen molar-refractivity contribution >= 4 is 0 Å². The van der Waals surface area contributed by atoms with Crippen LogP contribution in [0.2, 0.25) is 0 Å². The maximum Gasteiger partial charge on any atom is 0.133 e. The van der Waals surface area contributed by atoms with E-state index in [1.54, 1.807) is 18.4 Å². The van der Waals surface area contributed by atoms with Crippen LogP contribution < -0.4 is 5.32 Å². The van der Waals surface area contributed by atoms with Crippen LogP contribution in [0.25, 0.3) is 0 Å². The second-order valence-electron chi connectivity index (χ2n) is 4.25. The van der Waals surface area contributed by atoms with Gasteiger partial charge in [-0.25, -0.2) is 0 Å². The molecule has 0 amide bonds. The molecule has 0 saturated carbocycles. The number of furan rings is 1. The Morgan fingerprint density at radius 1 is 1.56 bits per heavy atom. The summed E-state index contributed by atoms with van der Waals surface area (Å²) in [6.45, 7) is 3.26. The van der Waals surface area contributed by atoms with Crippen LogP contribution in [-0.2, 0) is 4.74 Å². The molecule has 16 heavy (non-hydrogen) atoms. The highest BCUT2D eigenvalue weighted by Gasteiger charge is 2.15. The van der Waals surface area contributed by atoms with E-state index >= 15 is 0 Å². The van der Waals surface area contributed by atoms with Gasteiger partial charge in [-0.05, 0) is 37.4 Å². The van der Waals surface area contributed by atoms with Crippen molar-refractivity contribution in [3.63, 3.8) is 0 Å². The molecule has 4 nitrogen and oxygen atoms in total. The molecule has 0 spiro atoms. The molecule has 4 heteroatoms. The fourth-order valence-corrected chi connectivity index (χ4v) is 1.94. The summed E-state index contributed by atoms with van der Waals surface area (Å²) in [6, 6.07) is 3.57. The normalized spacial score (nSPS) is 22.4. The lowest BCUT2D eigenvalue weighted by Gasteiger charge is -2.11.